The number of nitrogens with one attached hydrogen (secondary N) is 1. The molecule has 3 N–H and O–H groups in total. The zero-order valence-corrected chi connectivity index (χ0v) is 37.9. The summed E-state index contributed by atoms with van der Waals surface area (Å²) in [6.07, 6.45) is 3.69. The number of thiophene rings is 2. The molecule has 2 amide bonds. The summed E-state index contributed by atoms with van der Waals surface area (Å²) in [5, 5.41) is 3.28. The van der Waals surface area contributed by atoms with Gasteiger partial charge in [0.2, 0.25) is 11.8 Å². The molecule has 2 aromatic heterocycles. The number of nitrogens with two attached hydrogens (primary N) is 1. The Hall–Kier alpha value is -3.44. The number of nitrogens with zero attached hydrogens (tertiary/aromatic N) is 2. The average Bonchev–Trinajstić information content (AvgIpc) is 4.05. The second-order valence-corrected chi connectivity index (χ2v) is 19.4. The molecule has 57 heavy (non-hydrogen) atoms. The minimum atomic E-state index is -0.424. The van der Waals surface area contributed by atoms with Gasteiger partial charge in [-0.05, 0) is 95.3 Å². The predicted molar refractivity (Wildman–Crippen MR) is 227 cm³/mol. The lowest BCUT2D eigenvalue weighted by Crippen LogP contribution is -2.48. The second-order valence-electron chi connectivity index (χ2n) is 16.4. The Morgan fingerprint density at radius 1 is 0.825 bits per heavy atom. The number of methoxy groups -OCH3 is 2. The summed E-state index contributed by atoms with van der Waals surface area (Å²) in [5.74, 6) is 11.9. The summed E-state index contributed by atoms with van der Waals surface area (Å²) < 4.78 is 21.3. The number of rotatable bonds is 8. The maximum atomic E-state index is 13.1. The molecule has 0 spiro atoms. The number of fused-ring (bicyclic) bond motifs is 4. The van der Waals surface area contributed by atoms with Gasteiger partial charge in [0.15, 0.2) is 0 Å². The molecule has 6 heterocycles. The fourth-order valence-electron chi connectivity index (χ4n) is 6.42. The lowest BCUT2D eigenvalue weighted by atomic mass is 9.98. The number of esters is 2. The number of anilines is 1. The van der Waals surface area contributed by atoms with E-state index >= 15 is 0 Å². The van der Waals surface area contributed by atoms with Crippen molar-refractivity contribution in [3.8, 4) is 23.7 Å². The van der Waals surface area contributed by atoms with Crippen LogP contribution in [0.1, 0.15) is 110 Å². The van der Waals surface area contributed by atoms with Gasteiger partial charge in [0.1, 0.15) is 15.8 Å². The van der Waals surface area contributed by atoms with E-state index < -0.39 is 12.0 Å². The van der Waals surface area contributed by atoms with Gasteiger partial charge in [-0.25, -0.2) is 9.59 Å². The van der Waals surface area contributed by atoms with Gasteiger partial charge < -0.3 is 39.8 Å². The number of hydrogen-bond acceptors (Lipinski definition) is 12. The minimum Gasteiger partial charge on any atom is -0.465 e. The summed E-state index contributed by atoms with van der Waals surface area (Å²) in [5.41, 5.74) is 6.13. The van der Waals surface area contributed by atoms with E-state index in [2.05, 4.69) is 49.7 Å². The van der Waals surface area contributed by atoms with Crippen LogP contribution in [-0.4, -0.2) is 110 Å². The predicted octanol–water partition coefficient (Wildman–Crippen LogP) is 6.54. The Morgan fingerprint density at radius 2 is 1.30 bits per heavy atom. The molecule has 4 saturated heterocycles. The average molecular weight is 890 g/mol. The molecule has 0 aliphatic carbocycles. The van der Waals surface area contributed by atoms with E-state index in [0.29, 0.717) is 54.1 Å². The molecule has 4 aliphatic heterocycles. The standard InChI is InChI=1S/C21H28N2O4S.C12H13BrO2S.C9H16N2O2/c1-6-16(19(24)23-11-14-9-13(23)12-27-14)22-17-10-15(7-8-21(2,3)4)28-18(17)20(25)26-5;1-12(2,3)6-5-8-7-9(13)10(16-8)11(14)15-4;1-2-8(10)9(12)11-4-7-3-6(11)5-13-7/h10,13-14,16,22H,6,9,11-12H2,1-5H3;7H,1-4H3;6-8H,2-5,10H2,1H3/t13-,14-,16-;;6-,7-,8?/m0.0/s1. The highest BCUT2D eigenvalue weighted by molar-refractivity contribution is 9.10. The molecular weight excluding hydrogens is 833 g/mol. The van der Waals surface area contributed by atoms with Crippen molar-refractivity contribution < 1.29 is 38.1 Å². The number of amides is 2. The zero-order valence-electron chi connectivity index (χ0n) is 34.7. The normalized spacial score (nSPS) is 21.4. The number of ether oxygens (including phenoxy) is 4. The van der Waals surface area contributed by atoms with Crippen LogP contribution in [0.2, 0.25) is 0 Å². The zero-order chi connectivity index (χ0) is 42.2. The summed E-state index contributed by atoms with van der Waals surface area (Å²) in [6.45, 7) is 18.9. The highest BCUT2D eigenvalue weighted by Crippen LogP contribution is 2.33. The van der Waals surface area contributed by atoms with E-state index in [1.165, 1.54) is 36.9 Å². The second kappa shape index (κ2) is 20.0. The van der Waals surface area contributed by atoms with Crippen molar-refractivity contribution in [3.63, 3.8) is 0 Å². The van der Waals surface area contributed by atoms with Gasteiger partial charge in [-0.3, -0.25) is 9.59 Å². The molecule has 2 aromatic rings. The van der Waals surface area contributed by atoms with Crippen LogP contribution in [0, 0.1) is 34.5 Å². The third-order valence-electron chi connectivity index (χ3n) is 9.44. The van der Waals surface area contributed by atoms with Crippen molar-refractivity contribution in [1.29, 1.82) is 0 Å². The van der Waals surface area contributed by atoms with Gasteiger partial charge in [-0.1, -0.05) is 37.5 Å². The fourth-order valence-corrected chi connectivity index (χ4v) is 8.92. The quantitative estimate of drug-likeness (QED) is 0.221. The third-order valence-corrected chi connectivity index (χ3v) is 12.4. The van der Waals surface area contributed by atoms with Crippen LogP contribution in [0.5, 0.6) is 0 Å². The third kappa shape index (κ3) is 12.8. The van der Waals surface area contributed by atoms with Crippen LogP contribution in [0.25, 0.3) is 0 Å². The Kier molecular flexibility index (Phi) is 16.2. The van der Waals surface area contributed by atoms with Crippen molar-refractivity contribution in [2.75, 3.05) is 45.8 Å². The van der Waals surface area contributed by atoms with Gasteiger partial charge >= 0.3 is 11.9 Å². The first-order valence-corrected chi connectivity index (χ1v) is 21.7. The largest absolute Gasteiger partial charge is 0.465 e. The van der Waals surface area contributed by atoms with Crippen LogP contribution in [0.3, 0.4) is 0 Å². The molecule has 6 rings (SSSR count). The van der Waals surface area contributed by atoms with E-state index in [1.807, 2.05) is 77.3 Å². The highest BCUT2D eigenvalue weighted by Gasteiger charge is 2.44. The van der Waals surface area contributed by atoms with Crippen LogP contribution < -0.4 is 11.1 Å². The topological polar surface area (TPSA) is 150 Å². The van der Waals surface area contributed by atoms with E-state index in [9.17, 15) is 19.2 Å². The molecule has 1 unspecified atom stereocenters. The molecule has 12 nitrogen and oxygen atoms in total. The summed E-state index contributed by atoms with van der Waals surface area (Å²) in [6, 6.07) is 3.43. The number of morpholine rings is 2. The number of hydrogen-bond donors (Lipinski definition) is 2. The maximum absolute atomic E-state index is 13.1. The molecule has 0 aromatic carbocycles. The van der Waals surface area contributed by atoms with E-state index in [-0.39, 0.29) is 52.9 Å². The highest BCUT2D eigenvalue weighted by atomic mass is 79.9. The lowest BCUT2D eigenvalue weighted by Gasteiger charge is -2.30. The SMILES string of the molecule is CCC(N)C(=O)N1C[C@@H]2C[C@H]1CO2.CC[C@H](Nc1cc(C#CC(C)(C)C)sc1C(=O)OC)C(=O)N1C[C@@H]2C[C@H]1CO2.COC(=O)c1sc(C#CC(C)(C)C)cc1Br. The number of carbonyl (C=O) groups excluding carboxylic acids is 4. The number of carbonyl (C=O) groups is 4. The number of likely N-dealkylation sites (tertiary alicyclic amines) is 2. The lowest BCUT2D eigenvalue weighted by molar-refractivity contribution is -0.137. The first kappa shape index (κ1) is 46.3. The summed E-state index contributed by atoms with van der Waals surface area (Å²) in [4.78, 5) is 54.8. The molecule has 0 radical (unpaired) electrons. The molecule has 4 aliphatic rings. The van der Waals surface area contributed by atoms with Crippen molar-refractivity contribution in [2.24, 2.45) is 16.6 Å². The van der Waals surface area contributed by atoms with Crippen LogP contribution in [0.15, 0.2) is 16.6 Å². The first-order valence-electron chi connectivity index (χ1n) is 19.3. The van der Waals surface area contributed by atoms with Gasteiger partial charge in [0.05, 0.1) is 73.2 Å². The van der Waals surface area contributed by atoms with Crippen LogP contribution in [0.4, 0.5) is 5.69 Å². The summed E-state index contributed by atoms with van der Waals surface area (Å²) >= 11 is 5.94. The Labute approximate surface area is 354 Å². The van der Waals surface area contributed by atoms with Crippen molar-refractivity contribution in [1.82, 2.24) is 9.80 Å². The molecule has 4 fully saturated rings. The van der Waals surface area contributed by atoms with Crippen LogP contribution in [-0.2, 0) is 28.5 Å². The van der Waals surface area contributed by atoms with Crippen molar-refractivity contribution in [2.45, 2.75) is 117 Å². The Bertz CT molecular complexity index is 1890. The number of halogens is 1. The first-order chi connectivity index (χ1) is 26.8. The molecule has 312 valence electrons. The minimum absolute atomic E-state index is 0.0398. The van der Waals surface area contributed by atoms with Crippen molar-refractivity contribution in [3.05, 3.63) is 36.1 Å². The van der Waals surface area contributed by atoms with Gasteiger partial charge in [-0.15, -0.1) is 22.7 Å². The van der Waals surface area contributed by atoms with E-state index in [0.717, 1.165) is 33.6 Å². The van der Waals surface area contributed by atoms with Gasteiger partial charge in [0.25, 0.3) is 0 Å². The molecule has 4 bridgehead atoms. The Morgan fingerprint density at radius 3 is 1.72 bits per heavy atom. The van der Waals surface area contributed by atoms with E-state index in [4.69, 9.17) is 19.9 Å². The monoisotopic (exact) mass is 888 g/mol. The van der Waals surface area contributed by atoms with Crippen LogP contribution >= 0.6 is 38.6 Å². The fraction of sp³-hybridized carbons (Fsp3) is 0.619. The molecular formula is C42H57BrN4O8S2. The molecule has 0 saturated carbocycles. The van der Waals surface area contributed by atoms with E-state index in [1.54, 1.807) is 0 Å². The smallest absolute Gasteiger partial charge is 0.350 e. The molecule has 6 atom stereocenters. The maximum Gasteiger partial charge on any atom is 0.350 e. The van der Waals surface area contributed by atoms with Gasteiger partial charge in [0, 0.05) is 28.4 Å². The summed E-state index contributed by atoms with van der Waals surface area (Å²) in [7, 11) is 2.73. The molecule has 15 heteroatoms. The van der Waals surface area contributed by atoms with Crippen molar-refractivity contribution >= 4 is 68.0 Å². The Balaban J connectivity index is 0.000000209. The van der Waals surface area contributed by atoms with Gasteiger partial charge in [-0.2, -0.15) is 0 Å².